The molecule has 2 aromatic carbocycles. The second-order valence-corrected chi connectivity index (χ2v) is 6.82. The molecule has 2 amide bonds. The van der Waals surface area contributed by atoms with Crippen LogP contribution in [0.1, 0.15) is 11.1 Å². The van der Waals surface area contributed by atoms with Crippen molar-refractivity contribution in [3.05, 3.63) is 63.6 Å². The Hall–Kier alpha value is -2.24. The van der Waals surface area contributed by atoms with Crippen LogP contribution >= 0.6 is 23.2 Å². The lowest BCUT2D eigenvalue weighted by molar-refractivity contribution is -0.134. The topological polar surface area (TPSA) is 58.6 Å². The molecular weight excluding hydrogens is 375 g/mol. The van der Waals surface area contributed by atoms with Crippen molar-refractivity contribution in [2.24, 2.45) is 0 Å². The Kier molecular flexibility index (Phi) is 6.01. The van der Waals surface area contributed by atoms with Gasteiger partial charge < -0.3 is 15.0 Å². The van der Waals surface area contributed by atoms with E-state index in [-0.39, 0.29) is 25.0 Å². The van der Waals surface area contributed by atoms with E-state index in [1.54, 1.807) is 17.0 Å². The van der Waals surface area contributed by atoms with Gasteiger partial charge in [-0.05, 0) is 35.7 Å². The SMILES string of the molecule is O=C(COc1ccc(Cl)cc1Cl)NCC(=O)N1CCc2ccccc2C1. The largest absolute Gasteiger partial charge is 0.482 e. The Morgan fingerprint density at radius 1 is 1.12 bits per heavy atom. The van der Waals surface area contributed by atoms with Crippen molar-refractivity contribution < 1.29 is 14.3 Å². The fourth-order valence-electron chi connectivity index (χ4n) is 2.78. The molecule has 0 unspecified atom stereocenters. The third-order valence-electron chi connectivity index (χ3n) is 4.17. The Morgan fingerprint density at radius 3 is 2.65 bits per heavy atom. The fourth-order valence-corrected chi connectivity index (χ4v) is 3.24. The number of nitrogens with zero attached hydrogens (tertiary/aromatic N) is 1. The molecule has 0 spiro atoms. The number of fused-ring (bicyclic) bond motifs is 1. The maximum Gasteiger partial charge on any atom is 0.258 e. The molecule has 0 saturated heterocycles. The summed E-state index contributed by atoms with van der Waals surface area (Å²) in [5.74, 6) is -0.135. The van der Waals surface area contributed by atoms with E-state index in [1.165, 1.54) is 11.6 Å². The van der Waals surface area contributed by atoms with Crippen LogP contribution in [0.3, 0.4) is 0 Å². The molecule has 1 heterocycles. The Bertz CT molecular complexity index is 826. The van der Waals surface area contributed by atoms with Crippen molar-refractivity contribution in [2.75, 3.05) is 19.7 Å². The van der Waals surface area contributed by atoms with Gasteiger partial charge >= 0.3 is 0 Å². The summed E-state index contributed by atoms with van der Waals surface area (Å²) in [6.07, 6.45) is 0.827. The number of nitrogens with one attached hydrogen (secondary N) is 1. The van der Waals surface area contributed by atoms with Gasteiger partial charge in [-0.1, -0.05) is 47.5 Å². The molecule has 3 rings (SSSR count). The van der Waals surface area contributed by atoms with E-state index in [1.807, 2.05) is 18.2 Å². The number of carbonyl (C=O) groups excluding carboxylic acids is 2. The van der Waals surface area contributed by atoms with E-state index in [4.69, 9.17) is 27.9 Å². The van der Waals surface area contributed by atoms with Crippen molar-refractivity contribution in [3.63, 3.8) is 0 Å². The van der Waals surface area contributed by atoms with Crippen LogP contribution in [0.15, 0.2) is 42.5 Å². The van der Waals surface area contributed by atoms with E-state index in [9.17, 15) is 9.59 Å². The fraction of sp³-hybridized carbons (Fsp3) is 0.263. The van der Waals surface area contributed by atoms with Gasteiger partial charge in [-0.3, -0.25) is 9.59 Å². The second-order valence-electron chi connectivity index (χ2n) is 5.97. The molecule has 1 aliphatic rings. The van der Waals surface area contributed by atoms with Crippen LogP contribution < -0.4 is 10.1 Å². The summed E-state index contributed by atoms with van der Waals surface area (Å²) in [6, 6.07) is 12.8. The standard InChI is InChI=1S/C19H18Cl2N2O3/c20-15-5-6-17(16(21)9-15)26-12-18(24)22-10-19(25)23-8-7-13-3-1-2-4-14(13)11-23/h1-6,9H,7-8,10-12H2,(H,22,24). The molecule has 136 valence electrons. The number of rotatable bonds is 5. The highest BCUT2D eigenvalue weighted by Gasteiger charge is 2.20. The van der Waals surface area contributed by atoms with Crippen LogP contribution in [-0.2, 0) is 22.6 Å². The molecule has 2 aromatic rings. The lowest BCUT2D eigenvalue weighted by Crippen LogP contribution is -2.43. The van der Waals surface area contributed by atoms with Gasteiger partial charge in [-0.2, -0.15) is 0 Å². The van der Waals surface area contributed by atoms with Crippen LogP contribution in [0.2, 0.25) is 10.0 Å². The zero-order chi connectivity index (χ0) is 18.5. The first kappa shape index (κ1) is 18.5. The molecule has 26 heavy (non-hydrogen) atoms. The zero-order valence-corrected chi connectivity index (χ0v) is 15.5. The molecule has 0 fully saturated rings. The van der Waals surface area contributed by atoms with Gasteiger partial charge in [-0.25, -0.2) is 0 Å². The summed E-state index contributed by atoms with van der Waals surface area (Å²) in [5, 5.41) is 3.39. The molecule has 0 atom stereocenters. The summed E-state index contributed by atoms with van der Waals surface area (Å²) in [5.41, 5.74) is 2.42. The Morgan fingerprint density at radius 2 is 1.88 bits per heavy atom. The zero-order valence-electron chi connectivity index (χ0n) is 14.0. The average Bonchev–Trinajstić information content (AvgIpc) is 2.65. The number of hydrogen-bond donors (Lipinski definition) is 1. The van der Waals surface area contributed by atoms with Gasteiger partial charge in [0.15, 0.2) is 6.61 Å². The summed E-state index contributed by atoms with van der Waals surface area (Å²) in [6.45, 7) is 0.945. The second kappa shape index (κ2) is 8.43. The monoisotopic (exact) mass is 392 g/mol. The number of carbonyl (C=O) groups is 2. The van der Waals surface area contributed by atoms with Gasteiger partial charge in [0.25, 0.3) is 5.91 Å². The van der Waals surface area contributed by atoms with Crippen molar-refractivity contribution >= 4 is 35.0 Å². The van der Waals surface area contributed by atoms with Crippen molar-refractivity contribution in [2.45, 2.75) is 13.0 Å². The van der Waals surface area contributed by atoms with Gasteiger partial charge in [0.05, 0.1) is 11.6 Å². The maximum absolute atomic E-state index is 12.3. The quantitative estimate of drug-likeness (QED) is 0.850. The molecule has 0 radical (unpaired) electrons. The Labute approximate surface area is 161 Å². The first-order valence-corrected chi connectivity index (χ1v) is 8.97. The molecule has 0 aliphatic carbocycles. The van der Waals surface area contributed by atoms with Crippen molar-refractivity contribution in [3.8, 4) is 5.75 Å². The van der Waals surface area contributed by atoms with Crippen LogP contribution in [-0.4, -0.2) is 36.4 Å². The molecular formula is C19H18Cl2N2O3. The highest BCUT2D eigenvalue weighted by atomic mass is 35.5. The molecule has 1 N–H and O–H groups in total. The molecule has 1 aliphatic heterocycles. The van der Waals surface area contributed by atoms with Gasteiger partial charge in [-0.15, -0.1) is 0 Å². The molecule has 5 nitrogen and oxygen atoms in total. The average molecular weight is 393 g/mol. The van der Waals surface area contributed by atoms with Gasteiger partial charge in [0.1, 0.15) is 5.75 Å². The minimum atomic E-state index is -0.387. The molecule has 0 saturated carbocycles. The molecule has 0 aromatic heterocycles. The van der Waals surface area contributed by atoms with Crippen LogP contribution in [0, 0.1) is 0 Å². The minimum absolute atomic E-state index is 0.0568. The molecule has 0 bridgehead atoms. The van der Waals surface area contributed by atoms with Gasteiger partial charge in [0, 0.05) is 18.1 Å². The van der Waals surface area contributed by atoms with E-state index in [0.717, 1.165) is 12.0 Å². The highest BCUT2D eigenvalue weighted by molar-refractivity contribution is 6.35. The number of amides is 2. The van der Waals surface area contributed by atoms with E-state index < -0.39 is 0 Å². The first-order valence-electron chi connectivity index (χ1n) is 8.22. The first-order chi connectivity index (χ1) is 12.5. The maximum atomic E-state index is 12.3. The summed E-state index contributed by atoms with van der Waals surface area (Å²) < 4.78 is 5.35. The minimum Gasteiger partial charge on any atom is -0.482 e. The van der Waals surface area contributed by atoms with E-state index in [2.05, 4.69) is 11.4 Å². The smallest absolute Gasteiger partial charge is 0.258 e. The number of benzene rings is 2. The number of halogens is 2. The summed E-state index contributed by atoms with van der Waals surface area (Å²) in [4.78, 5) is 26.0. The normalized spacial score (nSPS) is 13.1. The molecule has 7 heteroatoms. The highest BCUT2D eigenvalue weighted by Crippen LogP contribution is 2.27. The van der Waals surface area contributed by atoms with Crippen LogP contribution in [0.4, 0.5) is 0 Å². The Balaban J connectivity index is 1.45. The predicted molar refractivity (Wildman–Crippen MR) is 101 cm³/mol. The third-order valence-corrected chi connectivity index (χ3v) is 4.70. The summed E-state index contributed by atoms with van der Waals surface area (Å²) >= 11 is 11.8. The van der Waals surface area contributed by atoms with Crippen LogP contribution in [0.5, 0.6) is 5.75 Å². The van der Waals surface area contributed by atoms with Gasteiger partial charge in [0.2, 0.25) is 5.91 Å². The summed E-state index contributed by atoms with van der Waals surface area (Å²) in [7, 11) is 0. The third kappa shape index (κ3) is 4.68. The number of ether oxygens (including phenoxy) is 1. The number of hydrogen-bond acceptors (Lipinski definition) is 3. The van der Waals surface area contributed by atoms with E-state index in [0.29, 0.717) is 28.9 Å². The van der Waals surface area contributed by atoms with Crippen molar-refractivity contribution in [1.29, 1.82) is 0 Å². The van der Waals surface area contributed by atoms with Crippen molar-refractivity contribution in [1.82, 2.24) is 10.2 Å². The predicted octanol–water partition coefficient (Wildman–Crippen LogP) is 3.07. The lowest BCUT2D eigenvalue weighted by Gasteiger charge is -2.29. The van der Waals surface area contributed by atoms with E-state index >= 15 is 0 Å². The lowest BCUT2D eigenvalue weighted by atomic mass is 10.00. The van der Waals surface area contributed by atoms with Crippen LogP contribution in [0.25, 0.3) is 0 Å².